The fourth-order valence-electron chi connectivity index (χ4n) is 4.55. The Morgan fingerprint density at radius 2 is 1.50 bits per heavy atom. The van der Waals surface area contributed by atoms with Crippen LogP contribution < -0.4 is 5.56 Å². The van der Waals surface area contributed by atoms with Crippen molar-refractivity contribution in [3.63, 3.8) is 0 Å². The molecule has 0 bridgehead atoms. The summed E-state index contributed by atoms with van der Waals surface area (Å²) in [5.74, 6) is 0. The van der Waals surface area contributed by atoms with Gasteiger partial charge in [-0.2, -0.15) is 4.31 Å². The number of H-pyrrole nitrogens is 1. The first-order chi connectivity index (χ1) is 16.1. The van der Waals surface area contributed by atoms with Crippen molar-refractivity contribution in [3.05, 3.63) is 110 Å². The number of fused-ring (bicyclic) bond motifs is 1. The third-order valence-corrected chi connectivity index (χ3v) is 8.27. The van der Waals surface area contributed by atoms with Crippen LogP contribution in [0.1, 0.15) is 33.4 Å². The molecule has 4 rings (SSSR count). The second-order valence-electron chi connectivity index (χ2n) is 9.02. The van der Waals surface area contributed by atoms with E-state index in [1.807, 2.05) is 88.4 Å². The Bertz CT molecular complexity index is 1480. The van der Waals surface area contributed by atoms with E-state index in [1.165, 1.54) is 4.31 Å². The number of nitrogens with zero attached hydrogens (tertiary/aromatic N) is 1. The van der Waals surface area contributed by atoms with Gasteiger partial charge in [-0.3, -0.25) is 4.79 Å². The molecule has 5 nitrogen and oxygen atoms in total. The molecule has 0 radical (unpaired) electrons. The Hall–Kier alpha value is -3.22. The number of aryl methyl sites for hydroxylation is 4. The number of aromatic amines is 1. The summed E-state index contributed by atoms with van der Waals surface area (Å²) in [5.41, 5.74) is 5.45. The van der Waals surface area contributed by atoms with Crippen molar-refractivity contribution in [1.82, 2.24) is 9.29 Å². The van der Waals surface area contributed by atoms with Gasteiger partial charge in [0.15, 0.2) is 0 Å². The fourth-order valence-corrected chi connectivity index (χ4v) is 6.38. The molecule has 34 heavy (non-hydrogen) atoms. The first-order valence-electron chi connectivity index (χ1n) is 11.4. The highest BCUT2D eigenvalue weighted by molar-refractivity contribution is 7.89. The first kappa shape index (κ1) is 23.9. The van der Waals surface area contributed by atoms with Crippen LogP contribution >= 0.6 is 0 Å². The maximum Gasteiger partial charge on any atom is 0.252 e. The Morgan fingerprint density at radius 3 is 2.18 bits per heavy atom. The lowest BCUT2D eigenvalue weighted by atomic mass is 10.1. The van der Waals surface area contributed by atoms with Gasteiger partial charge < -0.3 is 4.98 Å². The van der Waals surface area contributed by atoms with E-state index in [-0.39, 0.29) is 18.6 Å². The smallest absolute Gasteiger partial charge is 0.252 e. The highest BCUT2D eigenvalue weighted by atomic mass is 32.2. The van der Waals surface area contributed by atoms with Crippen molar-refractivity contribution in [2.24, 2.45) is 0 Å². The first-order valence-corrected chi connectivity index (χ1v) is 12.8. The molecule has 0 aliphatic rings. The zero-order valence-electron chi connectivity index (χ0n) is 20.1. The minimum atomic E-state index is -3.84. The Balaban J connectivity index is 1.77. The van der Waals surface area contributed by atoms with Crippen LogP contribution in [0.4, 0.5) is 0 Å². The Morgan fingerprint density at radius 1 is 0.824 bits per heavy atom. The molecule has 0 fully saturated rings. The van der Waals surface area contributed by atoms with E-state index in [1.54, 1.807) is 6.07 Å². The van der Waals surface area contributed by atoms with Gasteiger partial charge in [0, 0.05) is 24.2 Å². The SMILES string of the molecule is Cc1cc(C)c(S(=O)(=O)N(CCc2ccccc2)Cc2cc3ccc(C)cc3[nH]c2=O)c(C)c1. The molecular formula is C28H30N2O3S. The number of hydrogen-bond donors (Lipinski definition) is 1. The van der Waals surface area contributed by atoms with Crippen LogP contribution in [0.2, 0.25) is 0 Å². The van der Waals surface area contributed by atoms with E-state index in [0.29, 0.717) is 28.0 Å². The van der Waals surface area contributed by atoms with E-state index in [2.05, 4.69) is 4.98 Å². The average molecular weight is 475 g/mol. The second kappa shape index (κ2) is 9.57. The molecule has 1 heterocycles. The van der Waals surface area contributed by atoms with Gasteiger partial charge in [0.1, 0.15) is 0 Å². The van der Waals surface area contributed by atoms with Gasteiger partial charge in [0.05, 0.1) is 4.90 Å². The van der Waals surface area contributed by atoms with Crippen LogP contribution in [0.25, 0.3) is 10.9 Å². The molecule has 0 atom stereocenters. The van der Waals surface area contributed by atoms with Crippen LogP contribution in [0, 0.1) is 27.7 Å². The van der Waals surface area contributed by atoms with Crippen LogP contribution in [0.15, 0.2) is 76.4 Å². The molecule has 0 amide bonds. The monoisotopic (exact) mass is 474 g/mol. The summed E-state index contributed by atoms with van der Waals surface area (Å²) in [5, 5.41) is 0.878. The van der Waals surface area contributed by atoms with E-state index in [0.717, 1.165) is 27.6 Å². The lowest BCUT2D eigenvalue weighted by Crippen LogP contribution is -2.35. The highest BCUT2D eigenvalue weighted by Crippen LogP contribution is 2.27. The maximum absolute atomic E-state index is 13.9. The molecule has 1 aromatic heterocycles. The molecule has 0 spiro atoms. The van der Waals surface area contributed by atoms with Gasteiger partial charge >= 0.3 is 0 Å². The lowest BCUT2D eigenvalue weighted by molar-refractivity contribution is 0.407. The number of pyridine rings is 1. The predicted octanol–water partition coefficient (Wildman–Crippen LogP) is 5.20. The van der Waals surface area contributed by atoms with E-state index in [9.17, 15) is 13.2 Å². The third-order valence-electron chi connectivity index (χ3n) is 6.12. The van der Waals surface area contributed by atoms with Crippen molar-refractivity contribution in [1.29, 1.82) is 0 Å². The van der Waals surface area contributed by atoms with E-state index in [4.69, 9.17) is 0 Å². The van der Waals surface area contributed by atoms with Crippen LogP contribution in [-0.2, 0) is 23.0 Å². The maximum atomic E-state index is 13.9. The quantitative estimate of drug-likeness (QED) is 0.400. The normalized spacial score (nSPS) is 11.9. The molecule has 0 unspecified atom stereocenters. The minimum absolute atomic E-state index is 0.00106. The Labute approximate surface area is 201 Å². The van der Waals surface area contributed by atoms with E-state index < -0.39 is 10.0 Å². The van der Waals surface area contributed by atoms with Gasteiger partial charge in [-0.15, -0.1) is 0 Å². The topological polar surface area (TPSA) is 70.2 Å². The minimum Gasteiger partial charge on any atom is -0.322 e. The van der Waals surface area contributed by atoms with Gasteiger partial charge in [-0.25, -0.2) is 8.42 Å². The number of benzene rings is 3. The molecule has 176 valence electrons. The number of rotatable bonds is 7. The van der Waals surface area contributed by atoms with Crippen LogP contribution in [0.3, 0.4) is 0 Å². The van der Waals surface area contributed by atoms with Crippen molar-refractivity contribution in [2.75, 3.05) is 6.54 Å². The number of nitrogens with one attached hydrogen (secondary N) is 1. The van der Waals surface area contributed by atoms with E-state index >= 15 is 0 Å². The molecule has 0 aliphatic carbocycles. The Kier molecular flexibility index (Phi) is 6.73. The lowest BCUT2D eigenvalue weighted by Gasteiger charge is -2.24. The molecule has 4 aromatic rings. The van der Waals surface area contributed by atoms with Gasteiger partial charge in [0.25, 0.3) is 5.56 Å². The van der Waals surface area contributed by atoms with Crippen molar-refractivity contribution >= 4 is 20.9 Å². The van der Waals surface area contributed by atoms with Gasteiger partial charge in [-0.05, 0) is 73.9 Å². The van der Waals surface area contributed by atoms with Crippen LogP contribution in [-0.4, -0.2) is 24.3 Å². The second-order valence-corrected chi connectivity index (χ2v) is 10.9. The van der Waals surface area contributed by atoms with Gasteiger partial charge in [0.2, 0.25) is 10.0 Å². The standard InChI is InChI=1S/C28H30N2O3S/c1-19-10-11-24-17-25(28(31)29-26(24)16-19)18-30(13-12-23-8-6-5-7-9-23)34(32,33)27-21(3)14-20(2)15-22(27)4/h5-11,14-17H,12-13,18H2,1-4H3,(H,29,31). The number of hydrogen-bond acceptors (Lipinski definition) is 3. The molecule has 0 saturated carbocycles. The predicted molar refractivity (Wildman–Crippen MR) is 138 cm³/mol. The number of aromatic nitrogens is 1. The largest absolute Gasteiger partial charge is 0.322 e. The highest BCUT2D eigenvalue weighted by Gasteiger charge is 2.28. The summed E-state index contributed by atoms with van der Waals surface area (Å²) in [6.45, 7) is 7.85. The fraction of sp³-hybridized carbons (Fsp3) is 0.250. The summed E-state index contributed by atoms with van der Waals surface area (Å²) in [6.07, 6.45) is 0.550. The molecule has 1 N–H and O–H groups in total. The molecule has 3 aromatic carbocycles. The molecule has 0 aliphatic heterocycles. The summed E-state index contributed by atoms with van der Waals surface area (Å²) in [7, 11) is -3.84. The van der Waals surface area contributed by atoms with Crippen LogP contribution in [0.5, 0.6) is 0 Å². The summed E-state index contributed by atoms with van der Waals surface area (Å²) in [4.78, 5) is 16.2. The molecular weight excluding hydrogens is 444 g/mol. The zero-order valence-corrected chi connectivity index (χ0v) is 20.9. The summed E-state index contributed by atoms with van der Waals surface area (Å²) >= 11 is 0. The van der Waals surface area contributed by atoms with Gasteiger partial charge in [-0.1, -0.05) is 60.2 Å². The molecule has 6 heteroatoms. The third kappa shape index (κ3) is 4.98. The molecule has 0 saturated heterocycles. The zero-order chi connectivity index (χ0) is 24.5. The average Bonchev–Trinajstić information content (AvgIpc) is 2.76. The number of sulfonamides is 1. The van der Waals surface area contributed by atoms with Crippen molar-refractivity contribution in [3.8, 4) is 0 Å². The summed E-state index contributed by atoms with van der Waals surface area (Å²) in [6, 6.07) is 21.2. The summed E-state index contributed by atoms with van der Waals surface area (Å²) < 4.78 is 29.3. The van der Waals surface area contributed by atoms with Crippen molar-refractivity contribution < 1.29 is 8.42 Å². The van der Waals surface area contributed by atoms with Crippen molar-refractivity contribution in [2.45, 2.75) is 45.6 Å².